The predicted octanol–water partition coefficient (Wildman–Crippen LogP) is 1.29. The number of sulfonamides is 1. The van der Waals surface area contributed by atoms with Crippen LogP contribution in [0.4, 0.5) is 4.39 Å². The fraction of sp³-hybridized carbons (Fsp3) is 0.417. The molecule has 2 atom stereocenters. The first kappa shape index (κ1) is 16.4. The Morgan fingerprint density at radius 2 is 2.00 bits per heavy atom. The smallest absolute Gasteiger partial charge is 0.323 e. The minimum absolute atomic E-state index is 0.286. The fourth-order valence-electron chi connectivity index (χ4n) is 1.59. The molecule has 0 spiro atoms. The highest BCUT2D eigenvalue weighted by atomic mass is 32.2. The maximum Gasteiger partial charge on any atom is 0.323 e. The van der Waals surface area contributed by atoms with Gasteiger partial charge in [-0.25, -0.2) is 17.5 Å². The Labute approximate surface area is 116 Å². The van der Waals surface area contributed by atoms with Crippen LogP contribution in [0.15, 0.2) is 18.2 Å². The first-order valence-electron chi connectivity index (χ1n) is 5.76. The van der Waals surface area contributed by atoms with Gasteiger partial charge >= 0.3 is 5.97 Å². The maximum atomic E-state index is 13.2. The fourth-order valence-corrected chi connectivity index (χ4v) is 2.68. The van der Waals surface area contributed by atoms with Gasteiger partial charge in [0.2, 0.25) is 10.0 Å². The number of methoxy groups -OCH3 is 1. The molecule has 6 nitrogen and oxygen atoms in total. The van der Waals surface area contributed by atoms with E-state index in [2.05, 4.69) is 4.72 Å². The molecule has 0 aliphatic heterocycles. The first-order chi connectivity index (χ1) is 9.19. The second-order valence-electron chi connectivity index (χ2n) is 4.25. The number of benzene rings is 1. The highest BCUT2D eigenvalue weighted by Gasteiger charge is 2.29. The average molecular weight is 305 g/mol. The molecule has 0 aliphatic rings. The van der Waals surface area contributed by atoms with Gasteiger partial charge in [0.15, 0.2) is 5.25 Å². The van der Waals surface area contributed by atoms with Gasteiger partial charge in [0.1, 0.15) is 11.6 Å². The van der Waals surface area contributed by atoms with Gasteiger partial charge < -0.3 is 9.84 Å². The molecule has 0 amide bonds. The van der Waals surface area contributed by atoms with Crippen LogP contribution in [-0.2, 0) is 14.8 Å². The van der Waals surface area contributed by atoms with Gasteiger partial charge in [-0.2, -0.15) is 0 Å². The molecule has 2 N–H and O–H groups in total. The van der Waals surface area contributed by atoms with Crippen molar-refractivity contribution < 1.29 is 27.4 Å². The van der Waals surface area contributed by atoms with E-state index in [1.807, 2.05) is 0 Å². The molecule has 1 aromatic rings. The number of halogens is 1. The average Bonchev–Trinajstić information content (AvgIpc) is 2.37. The second-order valence-corrected chi connectivity index (χ2v) is 6.28. The van der Waals surface area contributed by atoms with Crippen molar-refractivity contribution in [3.8, 4) is 5.75 Å². The van der Waals surface area contributed by atoms with E-state index in [0.717, 1.165) is 13.0 Å². The van der Waals surface area contributed by atoms with Crippen LogP contribution in [0.5, 0.6) is 5.75 Å². The number of ether oxygens (including phenoxy) is 1. The molecule has 0 aliphatic carbocycles. The summed E-state index contributed by atoms with van der Waals surface area (Å²) in [5, 5.41) is 7.14. The number of carboxylic acid groups (broad SMARTS) is 1. The number of carbonyl (C=O) groups is 1. The molecule has 0 fully saturated rings. The Morgan fingerprint density at radius 3 is 2.50 bits per heavy atom. The lowest BCUT2D eigenvalue weighted by molar-refractivity contribution is -0.136. The van der Waals surface area contributed by atoms with E-state index in [4.69, 9.17) is 9.84 Å². The minimum Gasteiger partial charge on any atom is -0.496 e. The largest absolute Gasteiger partial charge is 0.496 e. The summed E-state index contributed by atoms with van der Waals surface area (Å²) < 4.78 is 44.1. The van der Waals surface area contributed by atoms with E-state index in [-0.39, 0.29) is 5.56 Å². The zero-order chi connectivity index (χ0) is 15.5. The summed E-state index contributed by atoms with van der Waals surface area (Å²) in [6.45, 7) is 2.53. The van der Waals surface area contributed by atoms with Crippen molar-refractivity contribution in [2.45, 2.75) is 25.1 Å². The summed E-state index contributed by atoms with van der Waals surface area (Å²) in [6, 6.07) is 2.87. The van der Waals surface area contributed by atoms with E-state index in [9.17, 15) is 17.6 Å². The van der Waals surface area contributed by atoms with E-state index in [1.54, 1.807) is 0 Å². The summed E-state index contributed by atoms with van der Waals surface area (Å²) in [4.78, 5) is 10.7. The first-order valence-corrected chi connectivity index (χ1v) is 7.31. The third-order valence-electron chi connectivity index (χ3n) is 2.81. The van der Waals surface area contributed by atoms with Crippen LogP contribution in [-0.4, -0.2) is 31.9 Å². The molecule has 0 saturated carbocycles. The molecule has 0 saturated heterocycles. The van der Waals surface area contributed by atoms with Crippen LogP contribution in [0, 0.1) is 5.82 Å². The lowest BCUT2D eigenvalue weighted by Gasteiger charge is -2.19. The third kappa shape index (κ3) is 3.67. The number of aliphatic carboxylic acids is 1. The Kier molecular flexibility index (Phi) is 5.07. The summed E-state index contributed by atoms with van der Waals surface area (Å²) in [5.74, 6) is -1.70. The number of hydrogen-bond acceptors (Lipinski definition) is 4. The van der Waals surface area contributed by atoms with Crippen molar-refractivity contribution in [1.29, 1.82) is 0 Å². The predicted molar refractivity (Wildman–Crippen MR) is 70.5 cm³/mol. The maximum absolute atomic E-state index is 13.2. The Morgan fingerprint density at radius 1 is 1.40 bits per heavy atom. The highest BCUT2D eigenvalue weighted by Crippen LogP contribution is 2.26. The molecule has 2 unspecified atom stereocenters. The van der Waals surface area contributed by atoms with E-state index in [0.29, 0.717) is 5.75 Å². The monoisotopic (exact) mass is 305 g/mol. The molecule has 0 heterocycles. The van der Waals surface area contributed by atoms with Crippen LogP contribution in [0.3, 0.4) is 0 Å². The van der Waals surface area contributed by atoms with Crippen molar-refractivity contribution in [3.05, 3.63) is 29.6 Å². The second kappa shape index (κ2) is 6.19. The van der Waals surface area contributed by atoms with Gasteiger partial charge in [0.25, 0.3) is 0 Å². The van der Waals surface area contributed by atoms with Gasteiger partial charge in [0, 0.05) is 11.6 Å². The molecule has 112 valence electrons. The third-order valence-corrected chi connectivity index (χ3v) is 4.63. The summed E-state index contributed by atoms with van der Waals surface area (Å²) in [5.41, 5.74) is 0.286. The van der Waals surface area contributed by atoms with Gasteiger partial charge in [-0.05, 0) is 32.0 Å². The molecule has 0 radical (unpaired) electrons. The van der Waals surface area contributed by atoms with Gasteiger partial charge in [-0.1, -0.05) is 0 Å². The summed E-state index contributed by atoms with van der Waals surface area (Å²) >= 11 is 0. The Hall–Kier alpha value is -1.67. The SMILES string of the molecule is COc1ccc(F)cc1C(C)NS(=O)(=O)C(C)C(=O)O. The summed E-state index contributed by atoms with van der Waals surface area (Å²) in [7, 11) is -2.70. The Balaban J connectivity index is 3.05. The minimum atomic E-state index is -4.07. The van der Waals surface area contributed by atoms with Crippen molar-refractivity contribution in [2.24, 2.45) is 0 Å². The zero-order valence-corrected chi connectivity index (χ0v) is 12.1. The normalized spacial score (nSPS) is 14.6. The molecule has 0 bridgehead atoms. The standard InChI is InChI=1S/C12H16FNO5S/c1-7(14-20(17,18)8(2)12(15)16)10-6-9(13)4-5-11(10)19-3/h4-8,14H,1-3H3,(H,15,16). The lowest BCUT2D eigenvalue weighted by Crippen LogP contribution is -2.38. The summed E-state index contributed by atoms with van der Waals surface area (Å²) in [6.07, 6.45) is 0. The van der Waals surface area contributed by atoms with Gasteiger partial charge in [0.05, 0.1) is 7.11 Å². The van der Waals surface area contributed by atoms with Gasteiger partial charge in [-0.3, -0.25) is 4.79 Å². The molecule has 8 heteroatoms. The van der Waals surface area contributed by atoms with Crippen LogP contribution in [0.25, 0.3) is 0 Å². The highest BCUT2D eigenvalue weighted by molar-refractivity contribution is 7.90. The van der Waals surface area contributed by atoms with Crippen LogP contribution in [0.2, 0.25) is 0 Å². The number of nitrogens with one attached hydrogen (secondary N) is 1. The molecule has 1 aromatic carbocycles. The van der Waals surface area contributed by atoms with E-state index < -0.39 is 33.1 Å². The quantitative estimate of drug-likeness (QED) is 0.826. The molecule has 1 rings (SSSR count). The van der Waals surface area contributed by atoms with E-state index >= 15 is 0 Å². The molecule has 0 aromatic heterocycles. The van der Waals surface area contributed by atoms with Crippen LogP contribution in [0.1, 0.15) is 25.5 Å². The van der Waals surface area contributed by atoms with Gasteiger partial charge in [-0.15, -0.1) is 0 Å². The topological polar surface area (TPSA) is 92.7 Å². The molecule has 20 heavy (non-hydrogen) atoms. The van der Waals surface area contributed by atoms with E-state index in [1.165, 1.54) is 26.2 Å². The van der Waals surface area contributed by atoms with Crippen molar-refractivity contribution in [3.63, 3.8) is 0 Å². The van der Waals surface area contributed by atoms with Crippen LogP contribution < -0.4 is 9.46 Å². The number of hydrogen-bond donors (Lipinski definition) is 2. The molecular weight excluding hydrogens is 289 g/mol. The number of rotatable bonds is 6. The van der Waals surface area contributed by atoms with Crippen molar-refractivity contribution in [2.75, 3.05) is 7.11 Å². The van der Waals surface area contributed by atoms with Crippen molar-refractivity contribution in [1.82, 2.24) is 4.72 Å². The number of carboxylic acids is 1. The lowest BCUT2D eigenvalue weighted by atomic mass is 10.1. The molecular formula is C12H16FNO5S. The zero-order valence-electron chi connectivity index (χ0n) is 11.3. The Bertz CT molecular complexity index is 602. The van der Waals surface area contributed by atoms with Crippen molar-refractivity contribution >= 4 is 16.0 Å². The van der Waals surface area contributed by atoms with Crippen LogP contribution >= 0.6 is 0 Å².